The lowest BCUT2D eigenvalue weighted by molar-refractivity contribution is 0.143. The SMILES string of the molecule is Cc1ccsc1CN(CCc1ccc(F)cc1)C(=O)O. The first-order valence-electron chi connectivity index (χ1n) is 6.31. The summed E-state index contributed by atoms with van der Waals surface area (Å²) >= 11 is 1.56. The van der Waals surface area contributed by atoms with E-state index in [0.717, 1.165) is 16.0 Å². The van der Waals surface area contributed by atoms with Crippen molar-refractivity contribution in [2.24, 2.45) is 0 Å². The molecule has 0 fully saturated rings. The van der Waals surface area contributed by atoms with Gasteiger partial charge in [0.25, 0.3) is 0 Å². The van der Waals surface area contributed by atoms with Gasteiger partial charge in [-0.15, -0.1) is 11.3 Å². The van der Waals surface area contributed by atoms with Gasteiger partial charge in [0.05, 0.1) is 6.54 Å². The zero-order valence-corrected chi connectivity index (χ0v) is 12.0. The smallest absolute Gasteiger partial charge is 0.407 e. The van der Waals surface area contributed by atoms with Crippen LogP contribution in [-0.2, 0) is 13.0 Å². The molecule has 0 bridgehead atoms. The summed E-state index contributed by atoms with van der Waals surface area (Å²) in [5, 5.41) is 11.2. The van der Waals surface area contributed by atoms with E-state index >= 15 is 0 Å². The van der Waals surface area contributed by atoms with E-state index in [9.17, 15) is 14.3 Å². The Labute approximate surface area is 121 Å². The van der Waals surface area contributed by atoms with E-state index in [1.807, 2.05) is 18.4 Å². The summed E-state index contributed by atoms with van der Waals surface area (Å²) in [6.45, 7) is 2.78. The van der Waals surface area contributed by atoms with Crippen LogP contribution in [-0.4, -0.2) is 22.6 Å². The summed E-state index contributed by atoms with van der Waals surface area (Å²) in [4.78, 5) is 13.7. The fourth-order valence-corrected chi connectivity index (χ4v) is 2.82. The molecule has 2 aromatic rings. The second-order valence-corrected chi connectivity index (χ2v) is 5.61. The van der Waals surface area contributed by atoms with E-state index in [-0.39, 0.29) is 5.82 Å². The van der Waals surface area contributed by atoms with E-state index in [1.54, 1.807) is 23.5 Å². The van der Waals surface area contributed by atoms with Crippen LogP contribution in [0.15, 0.2) is 35.7 Å². The molecular formula is C15H16FNO2S. The average Bonchev–Trinajstić information content (AvgIpc) is 2.81. The largest absolute Gasteiger partial charge is 0.465 e. The molecule has 1 amide bonds. The normalized spacial score (nSPS) is 10.5. The van der Waals surface area contributed by atoms with Crippen LogP contribution in [0.5, 0.6) is 0 Å². The standard InChI is InChI=1S/C15H16FNO2S/c1-11-7-9-20-14(11)10-17(15(18)19)8-6-12-2-4-13(16)5-3-12/h2-5,7,9H,6,8,10H2,1H3,(H,18,19). The van der Waals surface area contributed by atoms with Crippen LogP contribution in [0.2, 0.25) is 0 Å². The number of amides is 1. The quantitative estimate of drug-likeness (QED) is 0.907. The lowest BCUT2D eigenvalue weighted by Gasteiger charge is -2.19. The highest BCUT2D eigenvalue weighted by Crippen LogP contribution is 2.18. The van der Waals surface area contributed by atoms with Crippen molar-refractivity contribution in [2.45, 2.75) is 19.9 Å². The Hall–Kier alpha value is -1.88. The monoisotopic (exact) mass is 293 g/mol. The molecule has 1 aromatic heterocycles. The minimum Gasteiger partial charge on any atom is -0.465 e. The van der Waals surface area contributed by atoms with Gasteiger partial charge >= 0.3 is 6.09 Å². The van der Waals surface area contributed by atoms with Crippen LogP contribution in [0.25, 0.3) is 0 Å². The molecule has 0 spiro atoms. The fourth-order valence-electron chi connectivity index (χ4n) is 1.90. The molecule has 0 saturated carbocycles. The predicted molar refractivity (Wildman–Crippen MR) is 77.6 cm³/mol. The molecular weight excluding hydrogens is 277 g/mol. The number of hydrogen-bond donors (Lipinski definition) is 1. The summed E-state index contributed by atoms with van der Waals surface area (Å²) < 4.78 is 12.8. The maximum atomic E-state index is 12.8. The van der Waals surface area contributed by atoms with Crippen LogP contribution < -0.4 is 0 Å². The summed E-state index contributed by atoms with van der Waals surface area (Å²) in [6, 6.07) is 8.14. The van der Waals surface area contributed by atoms with Crippen LogP contribution >= 0.6 is 11.3 Å². The van der Waals surface area contributed by atoms with Gasteiger partial charge in [-0.1, -0.05) is 12.1 Å². The Morgan fingerprint density at radius 2 is 2.00 bits per heavy atom. The van der Waals surface area contributed by atoms with Gasteiger partial charge in [0, 0.05) is 11.4 Å². The minimum absolute atomic E-state index is 0.280. The second-order valence-electron chi connectivity index (χ2n) is 4.61. The van der Waals surface area contributed by atoms with Crippen molar-refractivity contribution in [3.8, 4) is 0 Å². The van der Waals surface area contributed by atoms with Crippen LogP contribution in [0.1, 0.15) is 16.0 Å². The molecule has 0 aliphatic heterocycles. The molecule has 1 N–H and O–H groups in total. The number of hydrogen-bond acceptors (Lipinski definition) is 2. The van der Waals surface area contributed by atoms with Gasteiger partial charge in [0.2, 0.25) is 0 Å². The maximum absolute atomic E-state index is 12.8. The van der Waals surface area contributed by atoms with Crippen molar-refractivity contribution in [1.82, 2.24) is 4.90 Å². The van der Waals surface area contributed by atoms with Gasteiger partial charge in [0.1, 0.15) is 5.82 Å². The van der Waals surface area contributed by atoms with Gasteiger partial charge in [-0.3, -0.25) is 0 Å². The number of rotatable bonds is 5. The third-order valence-electron chi connectivity index (χ3n) is 3.16. The predicted octanol–water partition coefficient (Wildman–Crippen LogP) is 3.92. The van der Waals surface area contributed by atoms with E-state index in [4.69, 9.17) is 0 Å². The van der Waals surface area contributed by atoms with Gasteiger partial charge in [-0.05, 0) is 48.1 Å². The first-order valence-corrected chi connectivity index (χ1v) is 7.19. The van der Waals surface area contributed by atoms with E-state index in [1.165, 1.54) is 17.0 Å². The summed E-state index contributed by atoms with van der Waals surface area (Å²) in [5.74, 6) is -0.280. The van der Waals surface area contributed by atoms with Gasteiger partial charge < -0.3 is 10.0 Å². The van der Waals surface area contributed by atoms with Crippen molar-refractivity contribution >= 4 is 17.4 Å². The Bertz CT molecular complexity index is 580. The highest BCUT2D eigenvalue weighted by atomic mass is 32.1. The van der Waals surface area contributed by atoms with Crippen molar-refractivity contribution in [3.05, 3.63) is 57.5 Å². The lowest BCUT2D eigenvalue weighted by Crippen LogP contribution is -2.30. The molecule has 3 nitrogen and oxygen atoms in total. The third kappa shape index (κ3) is 3.81. The number of nitrogens with zero attached hydrogens (tertiary/aromatic N) is 1. The van der Waals surface area contributed by atoms with E-state index < -0.39 is 6.09 Å². The van der Waals surface area contributed by atoms with E-state index in [2.05, 4.69) is 0 Å². The number of carbonyl (C=O) groups is 1. The molecule has 0 radical (unpaired) electrons. The second kappa shape index (κ2) is 6.52. The van der Waals surface area contributed by atoms with Crippen LogP contribution in [0, 0.1) is 12.7 Å². The molecule has 0 aliphatic carbocycles. The van der Waals surface area contributed by atoms with E-state index in [0.29, 0.717) is 19.5 Å². The summed E-state index contributed by atoms with van der Waals surface area (Å²) in [5.41, 5.74) is 2.04. The number of halogens is 1. The molecule has 20 heavy (non-hydrogen) atoms. The zero-order chi connectivity index (χ0) is 14.5. The van der Waals surface area contributed by atoms with Gasteiger partial charge in [-0.25, -0.2) is 9.18 Å². The summed E-state index contributed by atoms with van der Waals surface area (Å²) in [6.07, 6.45) is -0.350. The molecule has 1 heterocycles. The molecule has 1 aromatic carbocycles. The van der Waals surface area contributed by atoms with Crippen molar-refractivity contribution in [2.75, 3.05) is 6.54 Å². The minimum atomic E-state index is -0.931. The van der Waals surface area contributed by atoms with Gasteiger partial charge in [0.15, 0.2) is 0 Å². The molecule has 0 saturated heterocycles. The number of thiophene rings is 1. The average molecular weight is 293 g/mol. The highest BCUT2D eigenvalue weighted by Gasteiger charge is 2.14. The van der Waals surface area contributed by atoms with Crippen molar-refractivity contribution < 1.29 is 14.3 Å². The molecule has 106 valence electrons. The molecule has 0 aliphatic rings. The molecule has 0 unspecified atom stereocenters. The molecule has 0 atom stereocenters. The Balaban J connectivity index is 1.98. The number of benzene rings is 1. The first kappa shape index (κ1) is 14.5. The topological polar surface area (TPSA) is 40.5 Å². The fraction of sp³-hybridized carbons (Fsp3) is 0.267. The Kier molecular flexibility index (Phi) is 4.74. The van der Waals surface area contributed by atoms with Crippen molar-refractivity contribution in [3.63, 3.8) is 0 Å². The third-order valence-corrected chi connectivity index (χ3v) is 4.16. The number of aryl methyl sites for hydroxylation is 1. The Morgan fingerprint density at radius 3 is 2.55 bits per heavy atom. The Morgan fingerprint density at radius 1 is 1.30 bits per heavy atom. The number of carboxylic acid groups (broad SMARTS) is 1. The lowest BCUT2D eigenvalue weighted by atomic mass is 10.1. The zero-order valence-electron chi connectivity index (χ0n) is 11.2. The summed E-state index contributed by atoms with van der Waals surface area (Å²) in [7, 11) is 0. The van der Waals surface area contributed by atoms with Crippen LogP contribution in [0.4, 0.5) is 9.18 Å². The van der Waals surface area contributed by atoms with Crippen molar-refractivity contribution in [1.29, 1.82) is 0 Å². The van der Waals surface area contributed by atoms with Gasteiger partial charge in [-0.2, -0.15) is 0 Å². The molecule has 5 heteroatoms. The first-order chi connectivity index (χ1) is 9.56. The maximum Gasteiger partial charge on any atom is 0.407 e. The van der Waals surface area contributed by atoms with Crippen LogP contribution in [0.3, 0.4) is 0 Å². The molecule has 2 rings (SSSR count). The highest BCUT2D eigenvalue weighted by molar-refractivity contribution is 7.10.